The molecule has 2 aromatic rings. The number of nitrogens with zero attached hydrogens (tertiary/aromatic N) is 3. The molecule has 2 heterocycles. The van der Waals surface area contributed by atoms with E-state index in [2.05, 4.69) is 13.2 Å². The molecule has 0 aliphatic rings. The van der Waals surface area contributed by atoms with Gasteiger partial charge in [-0.25, -0.2) is 0 Å². The van der Waals surface area contributed by atoms with Crippen LogP contribution < -0.4 is 31.2 Å². The predicted octanol–water partition coefficient (Wildman–Crippen LogP) is -1.59. The summed E-state index contributed by atoms with van der Waals surface area (Å²) in [6.45, 7) is 13.0. The predicted molar refractivity (Wildman–Crippen MR) is 105 cm³/mol. The number of pyridine rings is 2. The first kappa shape index (κ1) is 28.3. The molecule has 160 valence electrons. The van der Waals surface area contributed by atoms with Crippen LogP contribution in [0.2, 0.25) is 0 Å². The molecule has 0 radical (unpaired) electrons. The van der Waals surface area contributed by atoms with E-state index >= 15 is 0 Å². The van der Waals surface area contributed by atoms with Crippen molar-refractivity contribution in [2.24, 2.45) is 0 Å². The maximum atomic E-state index is 9.51. The Morgan fingerprint density at radius 2 is 1.28 bits per heavy atom. The molecule has 0 saturated carbocycles. The van der Waals surface area contributed by atoms with Gasteiger partial charge in [0.15, 0.2) is 37.0 Å². The van der Waals surface area contributed by atoms with E-state index in [1.165, 1.54) is 14.1 Å². The molecule has 0 unspecified atom stereocenters. The number of aromatic nitrogens is 2. The number of carboxylic acid groups (broad SMARTS) is 1. The van der Waals surface area contributed by atoms with Crippen molar-refractivity contribution < 1.29 is 46.2 Å². The summed E-state index contributed by atoms with van der Waals surface area (Å²) in [7, 11) is 2.82. The topological polar surface area (TPSA) is 91.6 Å². The van der Waals surface area contributed by atoms with Gasteiger partial charge in [-0.3, -0.25) is 0 Å². The van der Waals surface area contributed by atoms with Crippen molar-refractivity contribution in [1.29, 1.82) is 0 Å². The molecule has 2 aromatic heterocycles. The van der Waals surface area contributed by atoms with E-state index in [1.54, 1.807) is 36.7 Å². The van der Waals surface area contributed by atoms with Crippen LogP contribution in [0.25, 0.3) is 0 Å². The highest BCUT2D eigenvalue weighted by molar-refractivity contribution is 5.61. The number of hydrogen-bond donors (Lipinski definition) is 2. The first-order chi connectivity index (χ1) is 13.0. The largest absolute Gasteiger partial charge is 1.00 e. The van der Waals surface area contributed by atoms with Crippen LogP contribution >= 0.6 is 0 Å². The Morgan fingerprint density at radius 3 is 1.48 bits per heavy atom. The number of aromatic hydroxyl groups is 2. The van der Waals surface area contributed by atoms with Gasteiger partial charge in [-0.1, -0.05) is 13.2 Å². The van der Waals surface area contributed by atoms with Gasteiger partial charge in [0.1, 0.15) is 6.09 Å². The van der Waals surface area contributed by atoms with Crippen LogP contribution in [0, 0.1) is 0 Å². The van der Waals surface area contributed by atoms with Gasteiger partial charge in [0.25, 0.3) is 0 Å². The second-order valence-electron chi connectivity index (χ2n) is 6.54. The van der Waals surface area contributed by atoms with E-state index in [-0.39, 0.29) is 28.5 Å². The Bertz CT molecular complexity index is 738. The zero-order valence-electron chi connectivity index (χ0n) is 17.4. The lowest BCUT2D eigenvalue weighted by atomic mass is 10.3. The first-order valence-corrected chi connectivity index (χ1v) is 8.54. The van der Waals surface area contributed by atoms with Crippen LogP contribution in [0.1, 0.15) is 13.8 Å². The molecular formula is C21H30BrN3O4. The third-order valence-corrected chi connectivity index (χ3v) is 2.96. The summed E-state index contributed by atoms with van der Waals surface area (Å²) >= 11 is 0. The SMILES string of the molecule is C=C(C)C[n+]1cccc(O)c1.C=C(C)C[n+]1cccc(O)c1.CN(C)C(=O)[O-].[Br-]. The Hall–Kier alpha value is -2.87. The van der Waals surface area contributed by atoms with Crippen molar-refractivity contribution in [3.05, 3.63) is 73.4 Å². The lowest BCUT2D eigenvalue weighted by Gasteiger charge is -2.10. The van der Waals surface area contributed by atoms with Crippen molar-refractivity contribution in [2.75, 3.05) is 14.1 Å². The molecule has 0 bridgehead atoms. The minimum absolute atomic E-state index is 0. The highest BCUT2D eigenvalue weighted by atomic mass is 79.9. The van der Waals surface area contributed by atoms with Crippen LogP contribution in [0.15, 0.2) is 73.4 Å². The average molecular weight is 468 g/mol. The molecule has 2 N–H and O–H groups in total. The molecule has 29 heavy (non-hydrogen) atoms. The molecule has 0 aliphatic carbocycles. The zero-order chi connectivity index (χ0) is 21.7. The van der Waals surface area contributed by atoms with E-state index < -0.39 is 6.09 Å². The summed E-state index contributed by atoms with van der Waals surface area (Å²) in [6.07, 6.45) is 5.99. The molecule has 1 amide bonds. The first-order valence-electron chi connectivity index (χ1n) is 8.54. The molecular weight excluding hydrogens is 438 g/mol. The number of carbonyl (C=O) groups is 1. The average Bonchev–Trinajstić information content (AvgIpc) is 2.54. The van der Waals surface area contributed by atoms with Gasteiger partial charge in [-0.05, 0) is 37.1 Å². The van der Waals surface area contributed by atoms with E-state index in [1.807, 2.05) is 35.4 Å². The number of allylic oxidation sites excluding steroid dienone is 2. The fourth-order valence-electron chi connectivity index (χ4n) is 1.84. The number of amides is 1. The molecule has 8 heteroatoms. The van der Waals surface area contributed by atoms with Crippen molar-refractivity contribution >= 4 is 6.09 Å². The van der Waals surface area contributed by atoms with Crippen molar-refractivity contribution in [2.45, 2.75) is 26.9 Å². The molecule has 0 fully saturated rings. The monoisotopic (exact) mass is 467 g/mol. The highest BCUT2D eigenvalue weighted by Crippen LogP contribution is 2.01. The van der Waals surface area contributed by atoms with E-state index in [0.29, 0.717) is 0 Å². The summed E-state index contributed by atoms with van der Waals surface area (Å²) in [5.41, 5.74) is 2.14. The minimum atomic E-state index is -1.16. The molecule has 0 spiro atoms. The van der Waals surface area contributed by atoms with Crippen molar-refractivity contribution in [3.8, 4) is 11.5 Å². The maximum absolute atomic E-state index is 9.51. The number of carbonyl (C=O) groups excluding carboxylic acids is 1. The normalized spacial score (nSPS) is 8.83. The molecule has 0 atom stereocenters. The summed E-state index contributed by atoms with van der Waals surface area (Å²) in [6, 6.07) is 6.90. The van der Waals surface area contributed by atoms with Gasteiger partial charge in [-0.15, -0.1) is 0 Å². The van der Waals surface area contributed by atoms with Gasteiger partial charge < -0.3 is 42.0 Å². The fraction of sp³-hybridized carbons (Fsp3) is 0.286. The van der Waals surface area contributed by atoms with Crippen LogP contribution in [-0.2, 0) is 13.1 Å². The molecule has 7 nitrogen and oxygen atoms in total. The molecule has 0 saturated heterocycles. The van der Waals surface area contributed by atoms with Crippen molar-refractivity contribution in [1.82, 2.24) is 4.90 Å². The number of halogens is 1. The van der Waals surface area contributed by atoms with Crippen LogP contribution in [0.4, 0.5) is 4.79 Å². The molecule has 0 aliphatic heterocycles. The van der Waals surface area contributed by atoms with Gasteiger partial charge in [0.05, 0.1) is 0 Å². The lowest BCUT2D eigenvalue weighted by molar-refractivity contribution is -0.689. The molecule has 2 rings (SSSR count). The quantitative estimate of drug-likeness (QED) is 0.418. The zero-order valence-corrected chi connectivity index (χ0v) is 19.0. The van der Waals surface area contributed by atoms with Crippen LogP contribution in [0.3, 0.4) is 0 Å². The second kappa shape index (κ2) is 15.1. The molecule has 0 aromatic carbocycles. The third-order valence-electron chi connectivity index (χ3n) is 2.96. The Balaban J connectivity index is 0. The maximum Gasteiger partial charge on any atom is 0.211 e. The minimum Gasteiger partial charge on any atom is -1.00 e. The number of hydrogen-bond acceptors (Lipinski definition) is 4. The van der Waals surface area contributed by atoms with Gasteiger partial charge >= 0.3 is 0 Å². The van der Waals surface area contributed by atoms with Crippen molar-refractivity contribution in [3.63, 3.8) is 0 Å². The Kier molecular flexibility index (Phi) is 14.8. The van der Waals surface area contributed by atoms with Gasteiger partial charge in [0, 0.05) is 26.2 Å². The van der Waals surface area contributed by atoms with E-state index in [4.69, 9.17) is 10.2 Å². The highest BCUT2D eigenvalue weighted by Gasteiger charge is 2.00. The van der Waals surface area contributed by atoms with Gasteiger partial charge in [0.2, 0.25) is 12.4 Å². The second-order valence-corrected chi connectivity index (χ2v) is 6.54. The lowest BCUT2D eigenvalue weighted by Crippen LogP contribution is -3.00. The smallest absolute Gasteiger partial charge is 0.211 e. The summed E-state index contributed by atoms with van der Waals surface area (Å²) < 4.78 is 3.77. The summed E-state index contributed by atoms with van der Waals surface area (Å²) in [5, 5.41) is 27.7. The van der Waals surface area contributed by atoms with E-state index in [0.717, 1.165) is 29.1 Å². The van der Waals surface area contributed by atoms with Gasteiger partial charge in [-0.2, -0.15) is 9.13 Å². The number of rotatable bonds is 4. The third kappa shape index (κ3) is 15.8. The standard InChI is InChI=1S/2C9H11NO.C3H7NO2.BrH/c2*1-8(2)6-10-5-3-4-9(11)7-10;1-4(2)3(5)6;/h2*3-5,7H,1,6H2,2H3;1-2H3,(H,5,6);1H. The summed E-state index contributed by atoms with van der Waals surface area (Å²) in [5.74, 6) is 0.572. The van der Waals surface area contributed by atoms with Crippen LogP contribution in [-0.4, -0.2) is 35.3 Å². The van der Waals surface area contributed by atoms with E-state index in [9.17, 15) is 9.90 Å². The Morgan fingerprint density at radius 1 is 0.966 bits per heavy atom. The summed E-state index contributed by atoms with van der Waals surface area (Å²) in [4.78, 5) is 10.5. The Labute approximate surface area is 183 Å². The fourth-order valence-corrected chi connectivity index (χ4v) is 1.84. The van der Waals surface area contributed by atoms with Crippen LogP contribution in [0.5, 0.6) is 11.5 Å².